The molecule has 0 saturated heterocycles. The molecule has 0 aromatic carbocycles. The zero-order valence-corrected chi connectivity index (χ0v) is 13.3. The molecule has 0 spiro atoms. The van der Waals surface area contributed by atoms with E-state index in [9.17, 15) is 4.79 Å². The number of thioether (sulfide) groups is 1. The number of amides is 1. The lowest BCUT2D eigenvalue weighted by atomic mass is 9.99. The first kappa shape index (κ1) is 16.3. The van der Waals surface area contributed by atoms with Crippen molar-refractivity contribution in [1.82, 2.24) is 10.6 Å². The molecule has 110 valence electrons. The van der Waals surface area contributed by atoms with Crippen LogP contribution in [0.5, 0.6) is 0 Å². The molecule has 0 saturated carbocycles. The number of carbonyl (C=O) groups is 1. The molecule has 1 amide bonds. The Morgan fingerprint density at radius 1 is 1.42 bits per heavy atom. The highest BCUT2D eigenvalue weighted by Crippen LogP contribution is 2.30. The van der Waals surface area contributed by atoms with E-state index >= 15 is 0 Å². The summed E-state index contributed by atoms with van der Waals surface area (Å²) >= 11 is 1.80. The van der Waals surface area contributed by atoms with Gasteiger partial charge in [0.15, 0.2) is 5.17 Å². The summed E-state index contributed by atoms with van der Waals surface area (Å²) in [6, 6.07) is -0.210. The van der Waals surface area contributed by atoms with E-state index in [1.807, 2.05) is 6.92 Å². The molecule has 2 unspecified atom stereocenters. The van der Waals surface area contributed by atoms with Crippen molar-refractivity contribution in [3.63, 3.8) is 0 Å². The Morgan fingerprint density at radius 3 is 2.68 bits per heavy atom. The zero-order valence-electron chi connectivity index (χ0n) is 12.5. The van der Waals surface area contributed by atoms with Gasteiger partial charge in [-0.3, -0.25) is 9.79 Å². The standard InChI is InChI=1S/C14H27N3OS/c1-5-8-15-13(18)10(4)17-14-16-9-12(19-14)11(6-2)7-3/h10-12H,5-9H2,1-4H3,(H,15,18)(H,16,17). The normalized spacial score (nSPS) is 20.3. The van der Waals surface area contributed by atoms with Crippen molar-refractivity contribution in [2.75, 3.05) is 13.1 Å². The molecule has 0 radical (unpaired) electrons. The Kier molecular flexibility index (Phi) is 7.28. The monoisotopic (exact) mass is 285 g/mol. The molecule has 19 heavy (non-hydrogen) atoms. The molecule has 0 bridgehead atoms. The summed E-state index contributed by atoms with van der Waals surface area (Å²) in [4.78, 5) is 16.3. The maximum absolute atomic E-state index is 11.8. The molecule has 0 aromatic rings. The fourth-order valence-corrected chi connectivity index (χ4v) is 3.59. The smallest absolute Gasteiger partial charge is 0.242 e. The molecular formula is C14H27N3OS. The van der Waals surface area contributed by atoms with Gasteiger partial charge in [0.25, 0.3) is 0 Å². The average molecular weight is 285 g/mol. The number of hydrogen-bond donors (Lipinski definition) is 2. The largest absolute Gasteiger partial charge is 0.354 e. The molecule has 2 atom stereocenters. The van der Waals surface area contributed by atoms with Crippen LogP contribution >= 0.6 is 11.8 Å². The second-order valence-corrected chi connectivity index (χ2v) is 6.26. The predicted molar refractivity (Wildman–Crippen MR) is 83.7 cm³/mol. The maximum Gasteiger partial charge on any atom is 0.242 e. The minimum absolute atomic E-state index is 0.0520. The average Bonchev–Trinajstić information content (AvgIpc) is 2.85. The topological polar surface area (TPSA) is 53.5 Å². The van der Waals surface area contributed by atoms with E-state index in [4.69, 9.17) is 0 Å². The van der Waals surface area contributed by atoms with Crippen molar-refractivity contribution >= 4 is 22.8 Å². The van der Waals surface area contributed by atoms with Crippen LogP contribution in [-0.2, 0) is 4.79 Å². The van der Waals surface area contributed by atoms with Gasteiger partial charge < -0.3 is 10.6 Å². The highest BCUT2D eigenvalue weighted by atomic mass is 32.2. The fraction of sp³-hybridized carbons (Fsp3) is 0.857. The van der Waals surface area contributed by atoms with Gasteiger partial charge in [0, 0.05) is 11.8 Å². The predicted octanol–water partition coefficient (Wildman–Crippen LogP) is 2.40. The van der Waals surface area contributed by atoms with Crippen molar-refractivity contribution < 1.29 is 4.79 Å². The number of aliphatic imine (C=N–C) groups is 1. The van der Waals surface area contributed by atoms with Crippen LogP contribution in [0.2, 0.25) is 0 Å². The summed E-state index contributed by atoms with van der Waals surface area (Å²) in [6.07, 6.45) is 3.36. The van der Waals surface area contributed by atoms with Crippen molar-refractivity contribution in [3.8, 4) is 0 Å². The van der Waals surface area contributed by atoms with E-state index in [2.05, 4.69) is 36.4 Å². The van der Waals surface area contributed by atoms with Crippen molar-refractivity contribution in [3.05, 3.63) is 0 Å². The van der Waals surface area contributed by atoms with Gasteiger partial charge in [-0.15, -0.1) is 0 Å². The second kappa shape index (κ2) is 8.46. The van der Waals surface area contributed by atoms with Gasteiger partial charge >= 0.3 is 0 Å². The van der Waals surface area contributed by atoms with Gasteiger partial charge in [-0.2, -0.15) is 0 Å². The summed E-state index contributed by atoms with van der Waals surface area (Å²) in [5.74, 6) is 0.772. The van der Waals surface area contributed by atoms with E-state index in [1.54, 1.807) is 11.8 Å². The van der Waals surface area contributed by atoms with Crippen LogP contribution in [0.15, 0.2) is 4.99 Å². The molecule has 1 rings (SSSR count). The molecule has 0 fully saturated rings. The van der Waals surface area contributed by atoms with E-state index in [0.717, 1.165) is 30.6 Å². The summed E-state index contributed by atoms with van der Waals surface area (Å²) in [5, 5.41) is 7.62. The maximum atomic E-state index is 11.8. The van der Waals surface area contributed by atoms with Crippen LogP contribution in [0.25, 0.3) is 0 Å². The van der Waals surface area contributed by atoms with Crippen LogP contribution in [0, 0.1) is 5.92 Å². The molecule has 1 aliphatic rings. The lowest BCUT2D eigenvalue weighted by molar-refractivity contribution is -0.122. The van der Waals surface area contributed by atoms with Crippen molar-refractivity contribution in [2.24, 2.45) is 10.9 Å². The quantitative estimate of drug-likeness (QED) is 0.755. The fourth-order valence-electron chi connectivity index (χ4n) is 2.18. The van der Waals surface area contributed by atoms with Gasteiger partial charge in [-0.25, -0.2) is 0 Å². The van der Waals surface area contributed by atoms with Gasteiger partial charge in [0.1, 0.15) is 6.04 Å². The number of nitrogens with zero attached hydrogens (tertiary/aromatic N) is 1. The van der Waals surface area contributed by atoms with Crippen molar-refractivity contribution in [1.29, 1.82) is 0 Å². The highest BCUT2D eigenvalue weighted by molar-refractivity contribution is 8.14. The van der Waals surface area contributed by atoms with E-state index in [-0.39, 0.29) is 11.9 Å². The summed E-state index contributed by atoms with van der Waals surface area (Å²) in [7, 11) is 0. The van der Waals surface area contributed by atoms with Crippen LogP contribution in [0.1, 0.15) is 47.0 Å². The summed E-state index contributed by atoms with van der Waals surface area (Å²) in [6.45, 7) is 10.0. The first-order valence-corrected chi connectivity index (χ1v) is 8.25. The van der Waals surface area contributed by atoms with Gasteiger partial charge in [-0.1, -0.05) is 45.4 Å². The van der Waals surface area contributed by atoms with Gasteiger partial charge in [0.2, 0.25) is 5.91 Å². The third-order valence-electron chi connectivity index (χ3n) is 3.53. The van der Waals surface area contributed by atoms with Crippen LogP contribution < -0.4 is 10.6 Å². The van der Waals surface area contributed by atoms with Gasteiger partial charge in [-0.05, 0) is 19.3 Å². The third-order valence-corrected chi connectivity index (χ3v) is 4.84. The number of carbonyl (C=O) groups excluding carboxylic acids is 1. The molecule has 2 N–H and O–H groups in total. The molecule has 0 aliphatic carbocycles. The minimum Gasteiger partial charge on any atom is -0.354 e. The molecule has 0 aromatic heterocycles. The molecule has 5 heteroatoms. The molecule has 1 heterocycles. The molecular weight excluding hydrogens is 258 g/mol. The second-order valence-electron chi connectivity index (χ2n) is 5.04. The van der Waals surface area contributed by atoms with Gasteiger partial charge in [0.05, 0.1) is 6.54 Å². The van der Waals surface area contributed by atoms with E-state index in [1.165, 1.54) is 12.8 Å². The Balaban J connectivity index is 2.37. The van der Waals surface area contributed by atoms with Crippen molar-refractivity contribution in [2.45, 2.75) is 58.2 Å². The Morgan fingerprint density at radius 2 is 2.11 bits per heavy atom. The molecule has 4 nitrogen and oxygen atoms in total. The van der Waals surface area contributed by atoms with Crippen LogP contribution in [-0.4, -0.2) is 35.5 Å². The Bertz CT molecular complexity index is 316. The Labute approximate surface area is 121 Å². The zero-order chi connectivity index (χ0) is 14.3. The number of rotatable bonds is 7. The number of amidine groups is 1. The molecule has 1 aliphatic heterocycles. The lowest BCUT2D eigenvalue weighted by Crippen LogP contribution is -2.44. The van der Waals surface area contributed by atoms with E-state index in [0.29, 0.717) is 5.25 Å². The number of hydrogen-bond acceptors (Lipinski definition) is 4. The highest BCUT2D eigenvalue weighted by Gasteiger charge is 2.27. The number of nitrogens with one attached hydrogen (secondary N) is 2. The van der Waals surface area contributed by atoms with Crippen LogP contribution in [0.3, 0.4) is 0 Å². The SMILES string of the molecule is CCCNC(=O)C(C)NC1=NCC(C(CC)CC)S1. The van der Waals surface area contributed by atoms with E-state index < -0.39 is 0 Å². The Hall–Kier alpha value is -0.710. The van der Waals surface area contributed by atoms with Crippen LogP contribution in [0.4, 0.5) is 0 Å². The summed E-state index contributed by atoms with van der Waals surface area (Å²) in [5.41, 5.74) is 0. The third kappa shape index (κ3) is 5.05. The first-order valence-electron chi connectivity index (χ1n) is 7.37. The minimum atomic E-state index is -0.210. The summed E-state index contributed by atoms with van der Waals surface area (Å²) < 4.78 is 0. The first-order chi connectivity index (χ1) is 9.12. The lowest BCUT2D eigenvalue weighted by Gasteiger charge is -2.19.